The number of rotatable bonds is 11. The Bertz CT molecular complexity index is 889. The molecule has 1 fully saturated rings. The largest absolute Gasteiger partial charge is 0.493 e. The van der Waals surface area contributed by atoms with E-state index in [9.17, 15) is 4.79 Å². The number of methoxy groups -OCH3 is 3. The van der Waals surface area contributed by atoms with Crippen molar-refractivity contribution in [1.82, 2.24) is 19.7 Å². The summed E-state index contributed by atoms with van der Waals surface area (Å²) in [6.07, 6.45) is 5.22. The van der Waals surface area contributed by atoms with E-state index in [1.54, 1.807) is 21.3 Å². The summed E-state index contributed by atoms with van der Waals surface area (Å²) < 4.78 is 18.1. The molecule has 0 bridgehead atoms. The summed E-state index contributed by atoms with van der Waals surface area (Å²) in [5, 5.41) is 9.61. The van der Waals surface area contributed by atoms with Gasteiger partial charge in [-0.25, -0.2) is 0 Å². The van der Waals surface area contributed by atoms with E-state index >= 15 is 0 Å². The van der Waals surface area contributed by atoms with E-state index in [0.717, 1.165) is 48.8 Å². The van der Waals surface area contributed by atoms with E-state index in [1.165, 1.54) is 18.2 Å². The molecule has 1 unspecified atom stereocenters. The molecule has 2 heterocycles. The lowest BCUT2D eigenvalue weighted by atomic mass is 10.0. The number of carbonyl (C=O) groups is 1. The predicted octanol–water partition coefficient (Wildman–Crippen LogP) is 3.88. The zero-order chi connectivity index (χ0) is 22.9. The van der Waals surface area contributed by atoms with Crippen LogP contribution in [-0.4, -0.2) is 71.8 Å². The van der Waals surface area contributed by atoms with Crippen LogP contribution >= 0.6 is 11.8 Å². The van der Waals surface area contributed by atoms with Crippen LogP contribution < -0.4 is 9.47 Å². The molecule has 0 saturated carbocycles. The number of ether oxygens (including phenoxy) is 3. The molecule has 32 heavy (non-hydrogen) atoms. The summed E-state index contributed by atoms with van der Waals surface area (Å²) >= 11 is 1.45. The van der Waals surface area contributed by atoms with Gasteiger partial charge in [0.2, 0.25) is 5.91 Å². The number of carbonyl (C=O) groups excluding carboxylic acids is 1. The van der Waals surface area contributed by atoms with E-state index in [1.807, 2.05) is 18.2 Å². The maximum Gasteiger partial charge on any atom is 0.233 e. The Labute approximate surface area is 194 Å². The van der Waals surface area contributed by atoms with Gasteiger partial charge in [0, 0.05) is 38.4 Å². The monoisotopic (exact) mass is 462 g/mol. The molecule has 1 atom stereocenters. The second kappa shape index (κ2) is 12.1. The van der Waals surface area contributed by atoms with Crippen molar-refractivity contribution < 1.29 is 19.0 Å². The summed E-state index contributed by atoms with van der Waals surface area (Å²) in [7, 11) is 4.92. The Morgan fingerprint density at radius 2 is 1.97 bits per heavy atom. The molecule has 0 radical (unpaired) electrons. The molecule has 1 aliphatic rings. The minimum atomic E-state index is 0.181. The maximum atomic E-state index is 12.9. The van der Waals surface area contributed by atoms with Gasteiger partial charge in [-0.1, -0.05) is 18.7 Å². The van der Waals surface area contributed by atoms with Gasteiger partial charge in [-0.15, -0.1) is 10.2 Å². The molecule has 0 spiro atoms. The SMILES string of the molecule is CCC1CCCCN1C(=O)CSc1nnc(-c2ccc(OC)c(OC)c2)n1CCCOC. The molecular weight excluding hydrogens is 428 g/mol. The first-order chi connectivity index (χ1) is 15.6. The van der Waals surface area contributed by atoms with Crippen molar-refractivity contribution in [2.45, 2.75) is 56.8 Å². The van der Waals surface area contributed by atoms with Crippen LogP contribution in [0.5, 0.6) is 11.5 Å². The fourth-order valence-electron chi connectivity index (χ4n) is 4.12. The van der Waals surface area contributed by atoms with Gasteiger partial charge in [0.25, 0.3) is 0 Å². The lowest BCUT2D eigenvalue weighted by Crippen LogP contribution is -2.44. The van der Waals surface area contributed by atoms with Gasteiger partial charge in [0.1, 0.15) is 0 Å². The number of likely N-dealkylation sites (tertiary alicyclic amines) is 1. The van der Waals surface area contributed by atoms with Crippen LogP contribution in [0.2, 0.25) is 0 Å². The number of piperidine rings is 1. The van der Waals surface area contributed by atoms with Crippen LogP contribution in [0, 0.1) is 0 Å². The van der Waals surface area contributed by atoms with Crippen LogP contribution in [0.4, 0.5) is 0 Å². The Kier molecular flexibility index (Phi) is 9.23. The third-order valence-corrected chi connectivity index (χ3v) is 6.78. The Balaban J connectivity index is 1.80. The Morgan fingerprint density at radius 1 is 1.16 bits per heavy atom. The molecule has 2 aromatic rings. The minimum Gasteiger partial charge on any atom is -0.493 e. The number of thioether (sulfide) groups is 1. The maximum absolute atomic E-state index is 12.9. The molecule has 1 aromatic heterocycles. The highest BCUT2D eigenvalue weighted by atomic mass is 32.2. The van der Waals surface area contributed by atoms with Crippen molar-refractivity contribution in [3.63, 3.8) is 0 Å². The van der Waals surface area contributed by atoms with Crippen molar-refractivity contribution in [3.8, 4) is 22.9 Å². The van der Waals surface area contributed by atoms with E-state index < -0.39 is 0 Å². The van der Waals surface area contributed by atoms with Gasteiger partial charge >= 0.3 is 0 Å². The first-order valence-corrected chi connectivity index (χ1v) is 12.2. The molecule has 9 heteroatoms. The smallest absolute Gasteiger partial charge is 0.233 e. The van der Waals surface area contributed by atoms with E-state index in [4.69, 9.17) is 14.2 Å². The van der Waals surface area contributed by atoms with Gasteiger partial charge in [0.15, 0.2) is 22.5 Å². The first kappa shape index (κ1) is 24.4. The van der Waals surface area contributed by atoms with Crippen LogP contribution in [-0.2, 0) is 16.1 Å². The summed E-state index contributed by atoms with van der Waals surface area (Å²) in [5.74, 6) is 2.58. The molecule has 1 aliphatic heterocycles. The van der Waals surface area contributed by atoms with Crippen LogP contribution in [0.3, 0.4) is 0 Å². The first-order valence-electron chi connectivity index (χ1n) is 11.2. The molecule has 1 aromatic carbocycles. The summed E-state index contributed by atoms with van der Waals surface area (Å²) in [6.45, 7) is 4.35. The zero-order valence-electron chi connectivity index (χ0n) is 19.5. The third kappa shape index (κ3) is 5.75. The number of hydrogen-bond acceptors (Lipinski definition) is 7. The topological polar surface area (TPSA) is 78.7 Å². The molecule has 1 amide bonds. The average molecular weight is 463 g/mol. The van der Waals surface area contributed by atoms with Gasteiger partial charge in [-0.05, 0) is 50.3 Å². The summed E-state index contributed by atoms with van der Waals surface area (Å²) in [6, 6.07) is 6.06. The number of nitrogens with zero attached hydrogens (tertiary/aromatic N) is 4. The number of amides is 1. The van der Waals surface area contributed by atoms with Gasteiger partial charge in [0.05, 0.1) is 20.0 Å². The predicted molar refractivity (Wildman–Crippen MR) is 125 cm³/mol. The lowest BCUT2D eigenvalue weighted by molar-refractivity contribution is -0.132. The van der Waals surface area contributed by atoms with Crippen molar-refractivity contribution >= 4 is 17.7 Å². The highest BCUT2D eigenvalue weighted by molar-refractivity contribution is 7.99. The number of aromatic nitrogens is 3. The molecule has 3 rings (SSSR count). The van der Waals surface area contributed by atoms with Crippen molar-refractivity contribution in [2.75, 3.05) is 40.2 Å². The van der Waals surface area contributed by atoms with Gasteiger partial charge in [-0.3, -0.25) is 4.79 Å². The molecule has 1 saturated heterocycles. The van der Waals surface area contributed by atoms with E-state index in [0.29, 0.717) is 36.4 Å². The molecule has 8 nitrogen and oxygen atoms in total. The Hall–Kier alpha value is -2.26. The van der Waals surface area contributed by atoms with Crippen LogP contribution in [0.1, 0.15) is 39.0 Å². The van der Waals surface area contributed by atoms with Gasteiger partial charge < -0.3 is 23.7 Å². The second-order valence-electron chi connectivity index (χ2n) is 7.81. The zero-order valence-corrected chi connectivity index (χ0v) is 20.3. The molecule has 0 aliphatic carbocycles. The van der Waals surface area contributed by atoms with E-state index in [2.05, 4.69) is 26.6 Å². The van der Waals surface area contributed by atoms with Crippen LogP contribution in [0.25, 0.3) is 11.4 Å². The molecule has 0 N–H and O–H groups in total. The van der Waals surface area contributed by atoms with E-state index in [-0.39, 0.29) is 5.91 Å². The summed E-state index contributed by atoms with van der Waals surface area (Å²) in [5.41, 5.74) is 0.882. The van der Waals surface area contributed by atoms with Crippen molar-refractivity contribution in [3.05, 3.63) is 18.2 Å². The highest BCUT2D eigenvalue weighted by Crippen LogP contribution is 2.33. The minimum absolute atomic E-state index is 0.181. The molecule has 176 valence electrons. The second-order valence-corrected chi connectivity index (χ2v) is 8.75. The Morgan fingerprint density at radius 3 is 2.69 bits per heavy atom. The molecular formula is C23H34N4O4S. The summed E-state index contributed by atoms with van der Waals surface area (Å²) in [4.78, 5) is 15.0. The number of benzene rings is 1. The fraction of sp³-hybridized carbons (Fsp3) is 0.609. The average Bonchev–Trinajstić information content (AvgIpc) is 3.24. The quantitative estimate of drug-likeness (QED) is 0.370. The van der Waals surface area contributed by atoms with Gasteiger partial charge in [-0.2, -0.15) is 0 Å². The van der Waals surface area contributed by atoms with Crippen molar-refractivity contribution in [2.24, 2.45) is 0 Å². The van der Waals surface area contributed by atoms with Crippen LogP contribution in [0.15, 0.2) is 23.4 Å². The van der Waals surface area contributed by atoms with Crippen molar-refractivity contribution in [1.29, 1.82) is 0 Å². The number of hydrogen-bond donors (Lipinski definition) is 0. The third-order valence-electron chi connectivity index (χ3n) is 5.83. The lowest BCUT2D eigenvalue weighted by Gasteiger charge is -2.35. The highest BCUT2D eigenvalue weighted by Gasteiger charge is 2.26. The standard InChI is InChI=1S/C23H34N4O4S/c1-5-18-9-6-7-12-26(18)21(28)16-32-23-25-24-22(27(23)13-8-14-29-2)17-10-11-19(30-3)20(15-17)31-4/h10-11,15,18H,5-9,12-14,16H2,1-4H3. The fourth-order valence-corrected chi connectivity index (χ4v) is 4.97. The normalized spacial score (nSPS) is 16.2.